The topological polar surface area (TPSA) is 91.8 Å². The number of amides is 1. The summed E-state index contributed by atoms with van der Waals surface area (Å²) in [5, 5.41) is 0. The molecule has 21 heavy (non-hydrogen) atoms. The van der Waals surface area contributed by atoms with Gasteiger partial charge in [0.05, 0.1) is 23.7 Å². The smallest absolute Gasteiger partial charge is 0.227 e. The van der Waals surface area contributed by atoms with Crippen LogP contribution in [0.1, 0.15) is 19.3 Å². The second-order valence-corrected chi connectivity index (χ2v) is 10.2. The molecule has 0 spiro atoms. The van der Waals surface area contributed by atoms with Gasteiger partial charge in [0.2, 0.25) is 15.9 Å². The van der Waals surface area contributed by atoms with Crippen LogP contribution in [-0.4, -0.2) is 75.9 Å². The van der Waals surface area contributed by atoms with E-state index in [0.717, 1.165) is 6.26 Å². The predicted octanol–water partition coefficient (Wildman–Crippen LogP) is -0.696. The van der Waals surface area contributed by atoms with Crippen molar-refractivity contribution in [3.63, 3.8) is 0 Å². The zero-order chi connectivity index (χ0) is 15.8. The molecule has 122 valence electrons. The van der Waals surface area contributed by atoms with Crippen molar-refractivity contribution in [3.05, 3.63) is 0 Å². The average Bonchev–Trinajstić information content (AvgIpc) is 2.76. The number of sulfonamides is 1. The van der Waals surface area contributed by atoms with E-state index in [1.54, 1.807) is 7.05 Å². The molecule has 2 fully saturated rings. The first-order valence-electron chi connectivity index (χ1n) is 7.02. The van der Waals surface area contributed by atoms with Crippen LogP contribution >= 0.6 is 0 Å². The van der Waals surface area contributed by atoms with E-state index >= 15 is 0 Å². The van der Waals surface area contributed by atoms with E-state index in [1.165, 1.54) is 9.21 Å². The SMILES string of the molecule is CN(C(=O)C1CCCN(S(C)(=O)=O)C1)C1CCS(=O)(=O)C1. The van der Waals surface area contributed by atoms with E-state index in [1.807, 2.05) is 0 Å². The van der Waals surface area contributed by atoms with Gasteiger partial charge in [-0.15, -0.1) is 0 Å². The third-order valence-electron chi connectivity index (χ3n) is 4.31. The summed E-state index contributed by atoms with van der Waals surface area (Å²) in [6.45, 7) is 0.644. The maximum absolute atomic E-state index is 12.5. The highest BCUT2D eigenvalue weighted by molar-refractivity contribution is 7.91. The highest BCUT2D eigenvalue weighted by Crippen LogP contribution is 2.24. The Morgan fingerprint density at radius 1 is 1.29 bits per heavy atom. The molecule has 2 aliphatic rings. The Labute approximate surface area is 126 Å². The number of nitrogens with zero attached hydrogens (tertiary/aromatic N) is 2. The number of rotatable bonds is 3. The number of carbonyl (C=O) groups excluding carboxylic acids is 1. The fraction of sp³-hybridized carbons (Fsp3) is 0.917. The molecular weight excluding hydrogens is 316 g/mol. The Morgan fingerprint density at radius 3 is 2.48 bits per heavy atom. The van der Waals surface area contributed by atoms with Gasteiger partial charge in [-0.25, -0.2) is 21.1 Å². The molecule has 7 nitrogen and oxygen atoms in total. The summed E-state index contributed by atoms with van der Waals surface area (Å²) in [7, 11) is -4.71. The Kier molecular flexibility index (Phi) is 4.65. The molecule has 2 atom stereocenters. The second kappa shape index (κ2) is 5.85. The van der Waals surface area contributed by atoms with Crippen LogP contribution in [0, 0.1) is 5.92 Å². The van der Waals surface area contributed by atoms with E-state index in [4.69, 9.17) is 0 Å². The van der Waals surface area contributed by atoms with E-state index in [0.29, 0.717) is 25.8 Å². The third kappa shape index (κ3) is 3.95. The molecule has 0 aromatic heterocycles. The van der Waals surface area contributed by atoms with Crippen molar-refractivity contribution < 1.29 is 21.6 Å². The van der Waals surface area contributed by atoms with Gasteiger partial charge in [-0.3, -0.25) is 4.79 Å². The van der Waals surface area contributed by atoms with E-state index in [9.17, 15) is 21.6 Å². The second-order valence-electron chi connectivity index (χ2n) is 5.97. The van der Waals surface area contributed by atoms with E-state index < -0.39 is 19.9 Å². The lowest BCUT2D eigenvalue weighted by Crippen LogP contribution is -2.48. The fourth-order valence-corrected chi connectivity index (χ4v) is 5.68. The summed E-state index contributed by atoms with van der Waals surface area (Å²) in [5.74, 6) is -0.389. The molecule has 0 aromatic carbocycles. The molecule has 2 saturated heterocycles. The van der Waals surface area contributed by atoms with Crippen molar-refractivity contribution in [2.24, 2.45) is 5.92 Å². The molecule has 0 radical (unpaired) electrons. The largest absolute Gasteiger partial charge is 0.341 e. The minimum atomic E-state index is -3.29. The van der Waals surface area contributed by atoms with Crippen LogP contribution in [0.3, 0.4) is 0 Å². The van der Waals surface area contributed by atoms with Crippen molar-refractivity contribution in [3.8, 4) is 0 Å². The molecule has 0 saturated carbocycles. The van der Waals surface area contributed by atoms with Crippen molar-refractivity contribution in [1.82, 2.24) is 9.21 Å². The Balaban J connectivity index is 2.02. The average molecular weight is 338 g/mol. The summed E-state index contributed by atoms with van der Waals surface area (Å²) < 4.78 is 47.5. The summed E-state index contributed by atoms with van der Waals surface area (Å²) in [6, 6.07) is -0.281. The van der Waals surface area contributed by atoms with Crippen LogP contribution < -0.4 is 0 Å². The summed E-state index contributed by atoms with van der Waals surface area (Å²) in [6.07, 6.45) is 2.91. The van der Waals surface area contributed by atoms with Crippen molar-refractivity contribution in [2.75, 3.05) is 37.9 Å². The first-order valence-corrected chi connectivity index (χ1v) is 10.7. The first-order chi connectivity index (χ1) is 9.60. The summed E-state index contributed by atoms with van der Waals surface area (Å²) in [4.78, 5) is 14.0. The van der Waals surface area contributed by atoms with Crippen molar-refractivity contribution >= 4 is 25.8 Å². The highest BCUT2D eigenvalue weighted by atomic mass is 32.2. The van der Waals surface area contributed by atoms with Gasteiger partial charge >= 0.3 is 0 Å². The lowest BCUT2D eigenvalue weighted by atomic mass is 9.97. The van der Waals surface area contributed by atoms with Gasteiger partial charge in [-0.1, -0.05) is 0 Å². The van der Waals surface area contributed by atoms with Crippen LogP contribution in [0.2, 0.25) is 0 Å². The van der Waals surface area contributed by atoms with Crippen LogP contribution in [0.4, 0.5) is 0 Å². The molecule has 1 amide bonds. The summed E-state index contributed by atoms with van der Waals surface area (Å²) in [5.41, 5.74) is 0. The molecule has 0 aromatic rings. The van der Waals surface area contributed by atoms with Gasteiger partial charge in [0, 0.05) is 26.2 Å². The molecule has 2 rings (SSSR count). The zero-order valence-electron chi connectivity index (χ0n) is 12.4. The van der Waals surface area contributed by atoms with Crippen LogP contribution in [0.15, 0.2) is 0 Å². The predicted molar refractivity (Wildman–Crippen MR) is 79.0 cm³/mol. The van der Waals surface area contributed by atoms with E-state index in [-0.39, 0.29) is 35.9 Å². The molecule has 2 heterocycles. The Hall–Kier alpha value is -0.670. The molecule has 0 bridgehead atoms. The number of hydrogen-bond acceptors (Lipinski definition) is 5. The quantitative estimate of drug-likeness (QED) is 0.679. The molecule has 0 aliphatic carbocycles. The minimum absolute atomic E-state index is 0.0117. The first kappa shape index (κ1) is 16.7. The highest BCUT2D eigenvalue weighted by Gasteiger charge is 2.37. The van der Waals surface area contributed by atoms with Gasteiger partial charge in [0.1, 0.15) is 0 Å². The number of hydrogen-bond donors (Lipinski definition) is 0. The van der Waals surface area contributed by atoms with Crippen molar-refractivity contribution in [2.45, 2.75) is 25.3 Å². The lowest BCUT2D eigenvalue weighted by Gasteiger charge is -2.34. The molecule has 2 aliphatic heterocycles. The zero-order valence-corrected chi connectivity index (χ0v) is 14.0. The lowest BCUT2D eigenvalue weighted by molar-refractivity contribution is -0.137. The Morgan fingerprint density at radius 2 is 1.95 bits per heavy atom. The standard InChI is InChI=1S/C12H22N2O5S2/c1-13(11-5-7-21(18,19)9-11)12(15)10-4-3-6-14(8-10)20(2,16)17/h10-11H,3-9H2,1-2H3. The molecule has 2 unspecified atom stereocenters. The van der Waals surface area contributed by atoms with Gasteiger partial charge < -0.3 is 4.90 Å². The normalized spacial score (nSPS) is 30.2. The molecule has 0 N–H and O–H groups in total. The Bertz CT molecular complexity index is 614. The fourth-order valence-electron chi connectivity index (χ4n) is 2.99. The summed E-state index contributed by atoms with van der Waals surface area (Å²) >= 11 is 0. The third-order valence-corrected chi connectivity index (χ3v) is 7.33. The van der Waals surface area contributed by atoms with Crippen LogP contribution in [0.25, 0.3) is 0 Å². The maximum atomic E-state index is 12.5. The number of sulfone groups is 1. The van der Waals surface area contributed by atoms with E-state index in [2.05, 4.69) is 0 Å². The van der Waals surface area contributed by atoms with Crippen LogP contribution in [0.5, 0.6) is 0 Å². The van der Waals surface area contributed by atoms with Gasteiger partial charge in [-0.05, 0) is 19.3 Å². The van der Waals surface area contributed by atoms with Gasteiger partial charge in [-0.2, -0.15) is 0 Å². The maximum Gasteiger partial charge on any atom is 0.227 e. The monoisotopic (exact) mass is 338 g/mol. The van der Waals surface area contributed by atoms with Gasteiger partial charge in [0.25, 0.3) is 0 Å². The van der Waals surface area contributed by atoms with Crippen LogP contribution in [-0.2, 0) is 24.7 Å². The molecule has 9 heteroatoms. The molecular formula is C12H22N2O5S2. The minimum Gasteiger partial charge on any atom is -0.341 e. The number of piperidine rings is 1. The van der Waals surface area contributed by atoms with Gasteiger partial charge in [0.15, 0.2) is 9.84 Å². The number of carbonyl (C=O) groups is 1. The van der Waals surface area contributed by atoms with Crippen molar-refractivity contribution in [1.29, 1.82) is 0 Å².